The summed E-state index contributed by atoms with van der Waals surface area (Å²) in [4.78, 5) is 30.7. The van der Waals surface area contributed by atoms with Crippen LogP contribution in [0.15, 0.2) is 10.7 Å². The van der Waals surface area contributed by atoms with Crippen LogP contribution in [0.4, 0.5) is 0 Å². The lowest BCUT2D eigenvalue weighted by atomic mass is 9.91. The molecule has 1 aromatic heterocycles. The highest BCUT2D eigenvalue weighted by atomic mass is 16.5. The molecule has 156 valence electrons. The zero-order valence-corrected chi connectivity index (χ0v) is 17.0. The standard InChI is InChI=1S/C16H27N3O2.C4H5NO2/c1-13(20)19-10-3-7-15(19)16(21)18-9-4-8-17(11-12-18)14-5-2-6-14;1-3-4(6)2-5-7-3/h14-15H,2-12H2,1H3;2,6H,1H3/t15-;/m1./s1. The van der Waals surface area contributed by atoms with Gasteiger partial charge in [0.25, 0.3) is 0 Å². The van der Waals surface area contributed by atoms with Crippen LogP contribution in [0.1, 0.15) is 51.2 Å². The number of aryl methyl sites for hydroxylation is 1. The number of carbonyl (C=O) groups excluding carboxylic acids is 2. The molecule has 0 bridgehead atoms. The SMILES string of the molecule is CC(=O)N1CCC[C@@H]1C(=O)N1CCCN(C2CCC2)CC1.Cc1oncc1O. The van der Waals surface area contributed by atoms with Crippen LogP contribution >= 0.6 is 0 Å². The van der Waals surface area contributed by atoms with Crippen molar-refractivity contribution in [1.82, 2.24) is 19.9 Å². The van der Waals surface area contributed by atoms with Gasteiger partial charge in [0, 0.05) is 52.6 Å². The molecule has 2 amide bonds. The Labute approximate surface area is 166 Å². The fourth-order valence-electron chi connectivity index (χ4n) is 4.18. The van der Waals surface area contributed by atoms with Crippen molar-refractivity contribution in [3.63, 3.8) is 0 Å². The lowest BCUT2D eigenvalue weighted by molar-refractivity contribution is -0.142. The second kappa shape index (κ2) is 9.41. The van der Waals surface area contributed by atoms with Crippen molar-refractivity contribution in [2.24, 2.45) is 0 Å². The topological polar surface area (TPSA) is 90.1 Å². The molecule has 0 spiro atoms. The highest BCUT2D eigenvalue weighted by Gasteiger charge is 2.36. The number of aromatic hydroxyl groups is 1. The predicted octanol–water partition coefficient (Wildman–Crippen LogP) is 1.77. The van der Waals surface area contributed by atoms with Gasteiger partial charge in [-0.1, -0.05) is 11.6 Å². The normalized spacial score (nSPS) is 23.6. The minimum Gasteiger partial charge on any atom is -0.503 e. The second-order valence-electron chi connectivity index (χ2n) is 7.94. The molecule has 3 fully saturated rings. The summed E-state index contributed by atoms with van der Waals surface area (Å²) in [6.45, 7) is 7.77. The summed E-state index contributed by atoms with van der Waals surface area (Å²) >= 11 is 0. The molecule has 0 aromatic carbocycles. The minimum atomic E-state index is -0.197. The van der Waals surface area contributed by atoms with Gasteiger partial charge in [-0.15, -0.1) is 0 Å². The van der Waals surface area contributed by atoms with Gasteiger partial charge in [-0.25, -0.2) is 0 Å². The molecular weight excluding hydrogens is 360 g/mol. The maximum atomic E-state index is 12.7. The van der Waals surface area contributed by atoms with Crippen LogP contribution in [-0.4, -0.2) is 81.6 Å². The summed E-state index contributed by atoms with van der Waals surface area (Å²) in [7, 11) is 0. The summed E-state index contributed by atoms with van der Waals surface area (Å²) in [5.74, 6) is 0.787. The number of likely N-dealkylation sites (tertiary alicyclic amines) is 1. The molecule has 4 rings (SSSR count). The van der Waals surface area contributed by atoms with Gasteiger partial charge in [0.1, 0.15) is 12.2 Å². The molecule has 3 aliphatic rings. The fourth-order valence-corrected chi connectivity index (χ4v) is 4.18. The predicted molar refractivity (Wildman–Crippen MR) is 104 cm³/mol. The van der Waals surface area contributed by atoms with Crippen molar-refractivity contribution in [3.8, 4) is 5.75 Å². The van der Waals surface area contributed by atoms with Crippen LogP contribution in [0.3, 0.4) is 0 Å². The van der Waals surface area contributed by atoms with Crippen molar-refractivity contribution >= 4 is 11.8 Å². The van der Waals surface area contributed by atoms with E-state index in [1.807, 2.05) is 4.90 Å². The van der Waals surface area contributed by atoms with Gasteiger partial charge >= 0.3 is 0 Å². The van der Waals surface area contributed by atoms with Gasteiger partial charge in [-0.3, -0.25) is 14.5 Å². The Morgan fingerprint density at radius 1 is 1.07 bits per heavy atom. The van der Waals surface area contributed by atoms with E-state index in [2.05, 4.69) is 14.6 Å². The molecule has 3 heterocycles. The molecule has 28 heavy (non-hydrogen) atoms. The smallest absolute Gasteiger partial charge is 0.245 e. The third-order valence-electron chi connectivity index (χ3n) is 6.10. The van der Waals surface area contributed by atoms with E-state index >= 15 is 0 Å². The Hall–Kier alpha value is -2.09. The number of rotatable bonds is 2. The zero-order valence-electron chi connectivity index (χ0n) is 17.0. The quantitative estimate of drug-likeness (QED) is 0.825. The molecule has 2 saturated heterocycles. The van der Waals surface area contributed by atoms with Crippen molar-refractivity contribution in [2.75, 3.05) is 32.7 Å². The van der Waals surface area contributed by atoms with Crippen molar-refractivity contribution < 1.29 is 19.2 Å². The number of hydrogen-bond donors (Lipinski definition) is 1. The van der Waals surface area contributed by atoms with Crippen molar-refractivity contribution in [3.05, 3.63) is 12.0 Å². The number of amides is 2. The highest BCUT2D eigenvalue weighted by molar-refractivity contribution is 5.87. The molecule has 2 aliphatic heterocycles. The minimum absolute atomic E-state index is 0.0387. The summed E-state index contributed by atoms with van der Waals surface area (Å²) < 4.78 is 4.46. The van der Waals surface area contributed by atoms with E-state index in [1.54, 1.807) is 18.7 Å². The zero-order chi connectivity index (χ0) is 20.1. The molecule has 1 atom stereocenters. The molecule has 0 unspecified atom stereocenters. The van der Waals surface area contributed by atoms with E-state index in [0.717, 1.165) is 58.0 Å². The third-order valence-corrected chi connectivity index (χ3v) is 6.10. The Kier molecular flexibility index (Phi) is 6.93. The first-order valence-electron chi connectivity index (χ1n) is 10.4. The van der Waals surface area contributed by atoms with Crippen LogP contribution in [0.25, 0.3) is 0 Å². The Bertz CT molecular complexity index is 656. The average Bonchev–Trinajstić information content (AvgIpc) is 3.18. The van der Waals surface area contributed by atoms with E-state index in [-0.39, 0.29) is 23.6 Å². The second-order valence-corrected chi connectivity index (χ2v) is 7.94. The fraction of sp³-hybridized carbons (Fsp3) is 0.750. The van der Waals surface area contributed by atoms with Crippen LogP contribution in [0.2, 0.25) is 0 Å². The molecule has 8 heteroatoms. The summed E-state index contributed by atoms with van der Waals surface area (Å²) in [5, 5.41) is 11.9. The maximum Gasteiger partial charge on any atom is 0.245 e. The lowest BCUT2D eigenvalue weighted by Gasteiger charge is -2.36. The Morgan fingerprint density at radius 2 is 1.86 bits per heavy atom. The Balaban J connectivity index is 0.000000271. The molecule has 0 radical (unpaired) electrons. The van der Waals surface area contributed by atoms with Gasteiger partial charge in [-0.2, -0.15) is 0 Å². The average molecular weight is 393 g/mol. The van der Waals surface area contributed by atoms with E-state index in [4.69, 9.17) is 5.11 Å². The number of carbonyl (C=O) groups is 2. The summed E-state index contributed by atoms with van der Waals surface area (Å²) in [6, 6.07) is 0.568. The van der Waals surface area contributed by atoms with Crippen molar-refractivity contribution in [1.29, 1.82) is 0 Å². The summed E-state index contributed by atoms with van der Waals surface area (Å²) in [6.07, 6.45) is 8.13. The van der Waals surface area contributed by atoms with Gasteiger partial charge in [0.05, 0.1) is 0 Å². The molecule has 1 aliphatic carbocycles. The van der Waals surface area contributed by atoms with Crippen LogP contribution in [-0.2, 0) is 9.59 Å². The van der Waals surface area contributed by atoms with Gasteiger partial charge in [-0.05, 0) is 32.1 Å². The Morgan fingerprint density at radius 3 is 2.39 bits per heavy atom. The van der Waals surface area contributed by atoms with Gasteiger partial charge in [0.15, 0.2) is 11.5 Å². The van der Waals surface area contributed by atoms with Gasteiger partial charge in [0.2, 0.25) is 11.8 Å². The van der Waals surface area contributed by atoms with E-state index < -0.39 is 0 Å². The van der Waals surface area contributed by atoms with Gasteiger partial charge < -0.3 is 19.4 Å². The first-order chi connectivity index (χ1) is 13.5. The highest BCUT2D eigenvalue weighted by Crippen LogP contribution is 2.26. The lowest BCUT2D eigenvalue weighted by Crippen LogP contribution is -2.48. The van der Waals surface area contributed by atoms with Crippen molar-refractivity contribution in [2.45, 2.75) is 64.5 Å². The van der Waals surface area contributed by atoms with Crippen LogP contribution in [0, 0.1) is 6.92 Å². The number of hydrogen-bond acceptors (Lipinski definition) is 6. The summed E-state index contributed by atoms with van der Waals surface area (Å²) in [5.41, 5.74) is 0. The number of aromatic nitrogens is 1. The first kappa shape index (κ1) is 20.6. The molecule has 1 saturated carbocycles. The third kappa shape index (κ3) is 4.84. The first-order valence-corrected chi connectivity index (χ1v) is 10.4. The monoisotopic (exact) mass is 392 g/mol. The van der Waals surface area contributed by atoms with E-state index in [1.165, 1.54) is 25.5 Å². The van der Waals surface area contributed by atoms with Crippen LogP contribution in [0.5, 0.6) is 5.75 Å². The molecule has 1 aromatic rings. The molecule has 1 N–H and O–H groups in total. The maximum absolute atomic E-state index is 12.7. The van der Waals surface area contributed by atoms with E-state index in [0.29, 0.717) is 5.76 Å². The molecular formula is C20H32N4O4. The van der Waals surface area contributed by atoms with E-state index in [9.17, 15) is 9.59 Å². The largest absolute Gasteiger partial charge is 0.503 e. The van der Waals surface area contributed by atoms with Crippen LogP contribution < -0.4 is 0 Å². The number of nitrogens with zero attached hydrogens (tertiary/aromatic N) is 4. The molecule has 8 nitrogen and oxygen atoms in total.